The standard InChI is InChI=1S/C14H19ClFN/c1-9-6-7-13(10(9)2)17-8-11-4-3-5-12(15)14(11)16/h3-5,9-10,13,17H,6-8H2,1-2H3. The van der Waals surface area contributed by atoms with Gasteiger partial charge < -0.3 is 5.32 Å². The number of halogens is 2. The molecule has 3 atom stereocenters. The second-order valence-electron chi connectivity index (χ2n) is 5.11. The molecule has 1 aromatic carbocycles. The summed E-state index contributed by atoms with van der Waals surface area (Å²) < 4.78 is 13.7. The highest BCUT2D eigenvalue weighted by molar-refractivity contribution is 6.30. The number of rotatable bonds is 3. The van der Waals surface area contributed by atoms with E-state index in [9.17, 15) is 4.39 Å². The van der Waals surface area contributed by atoms with Gasteiger partial charge in [0.15, 0.2) is 0 Å². The van der Waals surface area contributed by atoms with Crippen molar-refractivity contribution in [1.82, 2.24) is 5.32 Å². The van der Waals surface area contributed by atoms with Crippen LogP contribution in [0.25, 0.3) is 0 Å². The average Bonchev–Trinajstić information content (AvgIpc) is 2.62. The summed E-state index contributed by atoms with van der Waals surface area (Å²) in [5.41, 5.74) is 0.657. The highest BCUT2D eigenvalue weighted by Crippen LogP contribution is 2.31. The van der Waals surface area contributed by atoms with Gasteiger partial charge in [0, 0.05) is 18.2 Å². The highest BCUT2D eigenvalue weighted by atomic mass is 35.5. The molecule has 1 aromatic rings. The Balaban J connectivity index is 1.96. The summed E-state index contributed by atoms with van der Waals surface area (Å²) in [7, 11) is 0. The second-order valence-corrected chi connectivity index (χ2v) is 5.52. The first-order valence-corrected chi connectivity index (χ1v) is 6.63. The minimum atomic E-state index is -0.291. The van der Waals surface area contributed by atoms with E-state index in [0.29, 0.717) is 24.1 Å². The minimum Gasteiger partial charge on any atom is -0.310 e. The lowest BCUT2D eigenvalue weighted by Crippen LogP contribution is -2.32. The van der Waals surface area contributed by atoms with E-state index in [-0.39, 0.29) is 10.8 Å². The van der Waals surface area contributed by atoms with Crippen molar-refractivity contribution in [2.24, 2.45) is 11.8 Å². The van der Waals surface area contributed by atoms with Crippen molar-refractivity contribution in [3.8, 4) is 0 Å². The van der Waals surface area contributed by atoms with E-state index in [4.69, 9.17) is 11.6 Å². The van der Waals surface area contributed by atoms with Gasteiger partial charge in [0.2, 0.25) is 0 Å². The topological polar surface area (TPSA) is 12.0 Å². The van der Waals surface area contributed by atoms with Crippen molar-refractivity contribution < 1.29 is 4.39 Å². The van der Waals surface area contributed by atoms with Crippen molar-refractivity contribution in [3.63, 3.8) is 0 Å². The first-order valence-electron chi connectivity index (χ1n) is 6.26. The summed E-state index contributed by atoms with van der Waals surface area (Å²) in [5, 5.41) is 3.65. The van der Waals surface area contributed by atoms with Gasteiger partial charge in [-0.15, -0.1) is 0 Å². The Kier molecular flexibility index (Phi) is 4.05. The first-order chi connectivity index (χ1) is 8.09. The van der Waals surface area contributed by atoms with Gasteiger partial charge in [0.05, 0.1) is 5.02 Å². The summed E-state index contributed by atoms with van der Waals surface area (Å²) in [6, 6.07) is 5.67. The van der Waals surface area contributed by atoms with Crippen LogP contribution < -0.4 is 5.32 Å². The molecular weight excluding hydrogens is 237 g/mol. The Labute approximate surface area is 107 Å². The maximum Gasteiger partial charge on any atom is 0.146 e. The van der Waals surface area contributed by atoms with E-state index >= 15 is 0 Å². The Hall–Kier alpha value is -0.600. The van der Waals surface area contributed by atoms with Crippen LogP contribution in [0.4, 0.5) is 4.39 Å². The Morgan fingerprint density at radius 1 is 1.35 bits per heavy atom. The van der Waals surface area contributed by atoms with Gasteiger partial charge in [0.25, 0.3) is 0 Å². The van der Waals surface area contributed by atoms with Crippen molar-refractivity contribution in [2.75, 3.05) is 0 Å². The molecular formula is C14H19ClFN. The minimum absolute atomic E-state index is 0.206. The van der Waals surface area contributed by atoms with Gasteiger partial charge in [0.1, 0.15) is 5.82 Å². The Morgan fingerprint density at radius 3 is 2.76 bits per heavy atom. The van der Waals surface area contributed by atoms with Gasteiger partial charge in [-0.05, 0) is 30.7 Å². The lowest BCUT2D eigenvalue weighted by atomic mass is 9.97. The van der Waals surface area contributed by atoms with Crippen molar-refractivity contribution in [2.45, 2.75) is 39.3 Å². The predicted octanol–water partition coefficient (Wildman–Crippen LogP) is 4.00. The number of hydrogen-bond acceptors (Lipinski definition) is 1. The van der Waals surface area contributed by atoms with E-state index in [2.05, 4.69) is 19.2 Å². The molecule has 0 bridgehead atoms. The molecule has 3 heteroatoms. The molecule has 1 aliphatic carbocycles. The lowest BCUT2D eigenvalue weighted by molar-refractivity contribution is 0.368. The van der Waals surface area contributed by atoms with Gasteiger partial charge in [-0.25, -0.2) is 4.39 Å². The van der Waals surface area contributed by atoms with E-state index < -0.39 is 0 Å². The number of hydrogen-bond donors (Lipinski definition) is 1. The van der Waals surface area contributed by atoms with Crippen molar-refractivity contribution in [1.29, 1.82) is 0 Å². The number of benzene rings is 1. The third-order valence-electron chi connectivity index (χ3n) is 4.05. The van der Waals surface area contributed by atoms with Gasteiger partial charge >= 0.3 is 0 Å². The Bertz CT molecular complexity index is 394. The fraction of sp³-hybridized carbons (Fsp3) is 0.571. The van der Waals surface area contributed by atoms with Gasteiger partial charge in [-0.1, -0.05) is 37.6 Å². The molecule has 1 fully saturated rings. The molecule has 0 radical (unpaired) electrons. The zero-order valence-corrected chi connectivity index (χ0v) is 11.1. The molecule has 0 aliphatic heterocycles. The van der Waals surface area contributed by atoms with E-state index in [0.717, 1.165) is 5.92 Å². The summed E-state index contributed by atoms with van der Waals surface area (Å²) in [6.07, 6.45) is 2.45. The van der Waals surface area contributed by atoms with Gasteiger partial charge in [-0.3, -0.25) is 0 Å². The fourth-order valence-corrected chi connectivity index (χ4v) is 2.77. The van der Waals surface area contributed by atoms with Crippen LogP contribution in [-0.2, 0) is 6.54 Å². The van der Waals surface area contributed by atoms with Crippen LogP contribution in [0.15, 0.2) is 18.2 Å². The van der Waals surface area contributed by atoms with Crippen LogP contribution in [0.5, 0.6) is 0 Å². The monoisotopic (exact) mass is 255 g/mol. The fourth-order valence-electron chi connectivity index (χ4n) is 2.58. The zero-order valence-electron chi connectivity index (χ0n) is 10.3. The van der Waals surface area contributed by atoms with Crippen LogP contribution in [-0.4, -0.2) is 6.04 Å². The maximum absolute atomic E-state index is 13.7. The molecule has 0 amide bonds. The quantitative estimate of drug-likeness (QED) is 0.861. The molecule has 94 valence electrons. The first kappa shape index (κ1) is 12.8. The molecule has 0 saturated heterocycles. The van der Waals surface area contributed by atoms with Crippen LogP contribution in [0.1, 0.15) is 32.3 Å². The highest BCUT2D eigenvalue weighted by Gasteiger charge is 2.29. The largest absolute Gasteiger partial charge is 0.310 e. The van der Waals surface area contributed by atoms with Crippen LogP contribution in [0, 0.1) is 17.7 Å². The summed E-state index contributed by atoms with van der Waals surface area (Å²) in [4.78, 5) is 0. The molecule has 1 saturated carbocycles. The molecule has 0 aromatic heterocycles. The lowest BCUT2D eigenvalue weighted by Gasteiger charge is -2.20. The van der Waals surface area contributed by atoms with E-state index in [1.165, 1.54) is 12.8 Å². The molecule has 3 unspecified atom stereocenters. The van der Waals surface area contributed by atoms with Crippen LogP contribution in [0.2, 0.25) is 5.02 Å². The third-order valence-corrected chi connectivity index (χ3v) is 4.34. The summed E-state index contributed by atoms with van der Waals surface area (Å²) in [6.45, 7) is 5.12. The molecule has 17 heavy (non-hydrogen) atoms. The molecule has 1 aliphatic rings. The zero-order chi connectivity index (χ0) is 12.4. The molecule has 1 nitrogen and oxygen atoms in total. The predicted molar refractivity (Wildman–Crippen MR) is 69.6 cm³/mol. The number of nitrogens with one attached hydrogen (secondary N) is 1. The van der Waals surface area contributed by atoms with Crippen molar-refractivity contribution >= 4 is 11.6 Å². The molecule has 0 spiro atoms. The molecule has 0 heterocycles. The van der Waals surface area contributed by atoms with Crippen LogP contribution in [0.3, 0.4) is 0 Å². The summed E-state index contributed by atoms with van der Waals surface area (Å²) in [5.74, 6) is 1.13. The summed E-state index contributed by atoms with van der Waals surface area (Å²) >= 11 is 5.76. The normalized spacial score (nSPS) is 28.6. The average molecular weight is 256 g/mol. The third kappa shape index (κ3) is 2.80. The van der Waals surface area contributed by atoms with Gasteiger partial charge in [-0.2, -0.15) is 0 Å². The Morgan fingerprint density at radius 2 is 2.12 bits per heavy atom. The molecule has 1 N–H and O–H groups in total. The van der Waals surface area contributed by atoms with E-state index in [1.54, 1.807) is 18.2 Å². The molecule has 2 rings (SSSR count). The SMILES string of the molecule is CC1CCC(NCc2cccc(Cl)c2F)C1C. The van der Waals surface area contributed by atoms with Crippen molar-refractivity contribution in [3.05, 3.63) is 34.6 Å². The second kappa shape index (κ2) is 5.36. The van der Waals surface area contributed by atoms with E-state index in [1.807, 2.05) is 0 Å². The van der Waals surface area contributed by atoms with Crippen LogP contribution >= 0.6 is 11.6 Å². The smallest absolute Gasteiger partial charge is 0.146 e. The maximum atomic E-state index is 13.7.